The number of amides is 6. The van der Waals surface area contributed by atoms with Crippen molar-refractivity contribution in [3.05, 3.63) is 71.8 Å². The molecule has 12 N–H and O–H groups in total. The number of benzene rings is 2. The molecule has 11 unspecified atom stereocenters. The number of thioether (sulfide) groups is 1. The van der Waals surface area contributed by atoms with Crippen LogP contribution in [0.3, 0.4) is 0 Å². The Bertz CT molecular complexity index is 1930. The van der Waals surface area contributed by atoms with Gasteiger partial charge in [-0.1, -0.05) is 74.5 Å². The van der Waals surface area contributed by atoms with Crippen LogP contribution in [0, 0.1) is 5.92 Å². The van der Waals surface area contributed by atoms with E-state index in [1.54, 1.807) is 66.9 Å². The van der Waals surface area contributed by atoms with Crippen LogP contribution in [0.2, 0.25) is 0 Å². The molecule has 0 radical (unpaired) electrons. The van der Waals surface area contributed by atoms with E-state index in [1.165, 1.54) is 11.8 Å². The van der Waals surface area contributed by atoms with E-state index in [-0.39, 0.29) is 43.8 Å². The van der Waals surface area contributed by atoms with Crippen LogP contribution in [0.1, 0.15) is 63.5 Å². The Labute approximate surface area is 388 Å². The Morgan fingerprint density at radius 2 is 1.33 bits per heavy atom. The highest BCUT2D eigenvalue weighted by Crippen LogP contribution is 2.26. The standard InChI is InChI=1S/C45H65N7O13S/c1-25(2)21-31(50-40(60)29-15-10-19-47-29)41(61)48-30(18-20-66-3)43(63)52(45-38(58)37(57)36(56)34(24-53)65-45)44(64)33(23-27-13-8-5-9-14-27)51-42(62)32(22-26-11-6-4-7-12-26)49-39(59)28(46)16-17-35(54)55/h4-9,11-14,25,28-34,36-38,45,47,53,56-58H,10,15-24,46H2,1-3H3,(H,48,61)(H,49,59)(H,50,60)(H,51,62)(H,54,55). The maximum atomic E-state index is 15.3. The number of aliphatic hydroxyl groups excluding tert-OH is 4. The quantitative estimate of drug-likeness (QED) is 0.0560. The third-order valence-electron chi connectivity index (χ3n) is 11.4. The molecule has 2 aliphatic rings. The molecule has 364 valence electrons. The number of hydrogen-bond donors (Lipinski definition) is 11. The maximum absolute atomic E-state index is 15.3. The number of carboxylic acid groups (broad SMARTS) is 1. The van der Waals surface area contributed by atoms with Gasteiger partial charge in [-0.05, 0) is 67.7 Å². The number of nitrogens with two attached hydrogens (primary N) is 1. The van der Waals surface area contributed by atoms with Gasteiger partial charge in [0.25, 0.3) is 11.8 Å². The second-order valence-electron chi connectivity index (χ2n) is 17.0. The predicted octanol–water partition coefficient (Wildman–Crippen LogP) is -1.69. The van der Waals surface area contributed by atoms with Crippen LogP contribution in [-0.4, -0.2) is 164 Å². The van der Waals surface area contributed by atoms with Gasteiger partial charge in [-0.3, -0.25) is 33.6 Å². The van der Waals surface area contributed by atoms with Gasteiger partial charge in [0.1, 0.15) is 48.6 Å². The van der Waals surface area contributed by atoms with Crippen LogP contribution in [-0.2, 0) is 51.1 Å². The first kappa shape index (κ1) is 53.6. The first-order valence-electron chi connectivity index (χ1n) is 22.1. The fraction of sp³-hybridized carbons (Fsp3) is 0.578. The Morgan fingerprint density at radius 1 is 0.773 bits per heavy atom. The Balaban J connectivity index is 1.79. The highest BCUT2D eigenvalue weighted by atomic mass is 32.2. The molecule has 0 spiro atoms. The van der Waals surface area contributed by atoms with Crippen LogP contribution >= 0.6 is 11.8 Å². The normalized spacial score (nSPS) is 22.8. The number of rotatable bonds is 24. The number of aliphatic carboxylic acids is 1. The highest BCUT2D eigenvalue weighted by molar-refractivity contribution is 7.98. The van der Waals surface area contributed by atoms with E-state index >= 15 is 9.59 Å². The van der Waals surface area contributed by atoms with Crippen molar-refractivity contribution in [1.82, 2.24) is 31.5 Å². The Hall–Kier alpha value is -5.00. The third kappa shape index (κ3) is 15.5. The number of nitrogens with zero attached hydrogens (tertiary/aromatic N) is 1. The molecule has 2 heterocycles. The highest BCUT2D eigenvalue weighted by Gasteiger charge is 2.51. The molecule has 2 fully saturated rings. The summed E-state index contributed by atoms with van der Waals surface area (Å²) in [5.41, 5.74) is 7.07. The smallest absolute Gasteiger partial charge is 0.303 e. The van der Waals surface area contributed by atoms with Gasteiger partial charge in [-0.2, -0.15) is 11.8 Å². The van der Waals surface area contributed by atoms with Crippen molar-refractivity contribution >= 4 is 53.2 Å². The minimum absolute atomic E-state index is 0.0940. The number of carbonyl (C=O) groups is 7. The van der Waals surface area contributed by atoms with Crippen LogP contribution in [0.15, 0.2) is 60.7 Å². The second-order valence-corrected chi connectivity index (χ2v) is 18.0. The molecule has 0 saturated carbocycles. The SMILES string of the molecule is CSCCC(NC(=O)C(CC(C)C)NC(=O)C1CCCN1)C(=O)N(C(=O)C(Cc1ccccc1)NC(=O)C(Cc1ccccc1)NC(=O)C(N)CCC(=O)O)C1OC(CO)C(O)C(O)C1O. The van der Waals surface area contributed by atoms with Crippen molar-refractivity contribution in [2.45, 2.75) is 132 Å². The monoisotopic (exact) mass is 943 g/mol. The largest absolute Gasteiger partial charge is 0.481 e. The maximum Gasteiger partial charge on any atom is 0.303 e. The van der Waals surface area contributed by atoms with Gasteiger partial charge in [0.2, 0.25) is 23.6 Å². The van der Waals surface area contributed by atoms with Crippen molar-refractivity contribution in [2.24, 2.45) is 11.7 Å². The van der Waals surface area contributed by atoms with Crippen molar-refractivity contribution in [3.63, 3.8) is 0 Å². The molecule has 11 atom stereocenters. The number of carboxylic acids is 1. The van der Waals surface area contributed by atoms with E-state index in [2.05, 4.69) is 26.6 Å². The second kappa shape index (κ2) is 26.4. The van der Waals surface area contributed by atoms with E-state index in [4.69, 9.17) is 15.6 Å². The van der Waals surface area contributed by atoms with Crippen LogP contribution in [0.5, 0.6) is 0 Å². The van der Waals surface area contributed by atoms with Crippen molar-refractivity contribution in [2.75, 3.05) is 25.2 Å². The Morgan fingerprint density at radius 3 is 1.88 bits per heavy atom. The molecule has 2 aromatic carbocycles. The molecule has 21 heteroatoms. The van der Waals surface area contributed by atoms with Crippen molar-refractivity contribution < 1.29 is 63.8 Å². The molecule has 66 heavy (non-hydrogen) atoms. The molecule has 0 aromatic heterocycles. The fourth-order valence-electron chi connectivity index (χ4n) is 7.71. The number of nitrogens with one attached hydrogen (secondary N) is 5. The van der Waals surface area contributed by atoms with Gasteiger partial charge in [0.05, 0.1) is 18.7 Å². The van der Waals surface area contributed by atoms with Crippen LogP contribution in [0.4, 0.5) is 0 Å². The lowest BCUT2D eigenvalue weighted by atomic mass is 9.96. The lowest BCUT2D eigenvalue weighted by Gasteiger charge is -2.45. The third-order valence-corrected chi connectivity index (χ3v) is 12.0. The van der Waals surface area contributed by atoms with Gasteiger partial charge in [0, 0.05) is 19.3 Å². The molecule has 4 rings (SSSR count). The molecule has 2 aliphatic heterocycles. The lowest BCUT2D eigenvalue weighted by Crippen LogP contribution is -2.69. The summed E-state index contributed by atoms with van der Waals surface area (Å²) in [4.78, 5) is 97.3. The van der Waals surface area contributed by atoms with Crippen LogP contribution in [0.25, 0.3) is 0 Å². The summed E-state index contributed by atoms with van der Waals surface area (Å²) in [5, 5.41) is 66.3. The van der Waals surface area contributed by atoms with E-state index in [9.17, 15) is 44.4 Å². The number of hydrogen-bond acceptors (Lipinski definition) is 15. The lowest BCUT2D eigenvalue weighted by molar-refractivity contribution is -0.260. The Kier molecular flexibility index (Phi) is 21.4. The zero-order valence-corrected chi connectivity index (χ0v) is 38.2. The zero-order valence-electron chi connectivity index (χ0n) is 37.4. The topological polar surface area (TPSA) is 319 Å². The van der Waals surface area contributed by atoms with Crippen molar-refractivity contribution in [3.8, 4) is 0 Å². The summed E-state index contributed by atoms with van der Waals surface area (Å²) in [6.45, 7) is 3.40. The summed E-state index contributed by atoms with van der Waals surface area (Å²) in [7, 11) is 0. The first-order valence-corrected chi connectivity index (χ1v) is 23.5. The minimum Gasteiger partial charge on any atom is -0.481 e. The van der Waals surface area contributed by atoms with Gasteiger partial charge in [-0.25, -0.2) is 4.90 Å². The molecule has 0 bridgehead atoms. The van der Waals surface area contributed by atoms with Gasteiger partial charge in [0.15, 0.2) is 6.23 Å². The number of aliphatic hydroxyl groups is 4. The van der Waals surface area contributed by atoms with Gasteiger partial charge in [-0.15, -0.1) is 0 Å². The average Bonchev–Trinajstić information content (AvgIpc) is 3.85. The average molecular weight is 944 g/mol. The summed E-state index contributed by atoms with van der Waals surface area (Å²) in [5.74, 6) is -6.31. The molecule has 0 aliphatic carbocycles. The zero-order chi connectivity index (χ0) is 48.5. The van der Waals surface area contributed by atoms with Crippen LogP contribution < -0.4 is 32.3 Å². The summed E-state index contributed by atoms with van der Waals surface area (Å²) in [6.07, 6.45) is -7.76. The minimum atomic E-state index is -2.18. The number of ether oxygens (including phenoxy) is 1. The summed E-state index contributed by atoms with van der Waals surface area (Å²) in [6, 6.07) is 9.23. The molecular formula is C45H65N7O13S. The molecule has 6 amide bonds. The molecular weight excluding hydrogens is 879 g/mol. The summed E-state index contributed by atoms with van der Waals surface area (Å²) >= 11 is 1.31. The van der Waals surface area contributed by atoms with E-state index in [0.717, 1.165) is 6.42 Å². The van der Waals surface area contributed by atoms with Gasteiger partial charge < -0.3 is 62.6 Å². The fourth-order valence-corrected chi connectivity index (χ4v) is 8.18. The van der Waals surface area contributed by atoms with E-state index < -0.39 is 121 Å². The first-order chi connectivity index (χ1) is 31.4. The molecule has 2 saturated heterocycles. The number of imide groups is 1. The van der Waals surface area contributed by atoms with E-state index in [1.807, 2.05) is 13.8 Å². The summed E-state index contributed by atoms with van der Waals surface area (Å²) < 4.78 is 5.82. The molecule has 2 aromatic rings. The molecule has 20 nitrogen and oxygen atoms in total. The van der Waals surface area contributed by atoms with Crippen molar-refractivity contribution in [1.29, 1.82) is 0 Å². The number of carbonyl (C=O) groups excluding carboxylic acids is 6. The van der Waals surface area contributed by atoms with E-state index in [0.29, 0.717) is 29.0 Å². The van der Waals surface area contributed by atoms with Gasteiger partial charge >= 0.3 is 5.97 Å². The predicted molar refractivity (Wildman–Crippen MR) is 242 cm³/mol.